The fourth-order valence-electron chi connectivity index (χ4n) is 4.15. The van der Waals surface area contributed by atoms with Crippen LogP contribution in [-0.4, -0.2) is 30.5 Å². The summed E-state index contributed by atoms with van der Waals surface area (Å²) in [6.07, 6.45) is 1.47. The minimum absolute atomic E-state index is 0.0327. The molecule has 7 heteroatoms. The number of aliphatic hydroxyl groups excluding tert-OH is 1. The molecule has 1 unspecified atom stereocenters. The van der Waals surface area contributed by atoms with Crippen molar-refractivity contribution in [2.75, 3.05) is 18.6 Å². The monoisotopic (exact) mass is 461 g/mol. The Morgan fingerprint density at radius 2 is 1.85 bits per heavy atom. The number of ketones is 1. The Kier molecular flexibility index (Phi) is 6.45. The number of carbonyl (C=O) groups is 2. The van der Waals surface area contributed by atoms with Crippen molar-refractivity contribution in [1.82, 2.24) is 0 Å². The maximum absolute atomic E-state index is 13.2. The van der Waals surface area contributed by atoms with Gasteiger partial charge in [0.2, 0.25) is 0 Å². The lowest BCUT2D eigenvalue weighted by Gasteiger charge is -2.23. The summed E-state index contributed by atoms with van der Waals surface area (Å²) >= 11 is 0. The standard InChI is InChI=1S/C27H27NO6/c1-5-33-21-13-8-17(15-20(21)16(2)3)25(29)23-24(22-7-6-14-34-22)28(27(31)26(23)30)18-9-11-19(32-4)12-10-18/h6-16,24,29H,5H2,1-4H3/b25-23-. The first kappa shape index (κ1) is 23.2. The highest BCUT2D eigenvalue weighted by atomic mass is 16.5. The fraction of sp³-hybridized carbons (Fsp3) is 0.259. The average Bonchev–Trinajstić information content (AvgIpc) is 3.46. The summed E-state index contributed by atoms with van der Waals surface area (Å²) in [5.74, 6) is 0.0304. The van der Waals surface area contributed by atoms with Gasteiger partial charge in [-0.3, -0.25) is 14.5 Å². The number of nitrogens with zero attached hydrogens (tertiary/aromatic N) is 1. The van der Waals surface area contributed by atoms with Gasteiger partial charge in [-0.05, 0) is 73.0 Å². The van der Waals surface area contributed by atoms with Crippen molar-refractivity contribution in [1.29, 1.82) is 0 Å². The number of carbonyl (C=O) groups excluding carboxylic acids is 2. The number of benzene rings is 2. The summed E-state index contributed by atoms with van der Waals surface area (Å²) in [5, 5.41) is 11.3. The molecule has 1 amide bonds. The third-order valence-electron chi connectivity index (χ3n) is 5.81. The SMILES string of the molecule is CCOc1ccc(/C(O)=C2/C(=O)C(=O)N(c3ccc(OC)cc3)C2c2ccco2)cc1C(C)C. The first-order chi connectivity index (χ1) is 16.4. The third kappa shape index (κ3) is 4.05. The highest BCUT2D eigenvalue weighted by Gasteiger charge is 2.48. The molecule has 0 aliphatic carbocycles. The molecule has 1 aliphatic heterocycles. The van der Waals surface area contributed by atoms with E-state index >= 15 is 0 Å². The highest BCUT2D eigenvalue weighted by Crippen LogP contribution is 2.43. The van der Waals surface area contributed by atoms with Crippen molar-refractivity contribution in [3.05, 3.63) is 83.3 Å². The minimum Gasteiger partial charge on any atom is -0.507 e. The molecule has 2 heterocycles. The van der Waals surface area contributed by atoms with Gasteiger partial charge in [-0.1, -0.05) is 13.8 Å². The molecule has 2 aromatic carbocycles. The second kappa shape index (κ2) is 9.47. The van der Waals surface area contributed by atoms with E-state index in [9.17, 15) is 14.7 Å². The number of furan rings is 1. The molecular formula is C27H27NO6. The maximum atomic E-state index is 13.2. The second-order valence-electron chi connectivity index (χ2n) is 8.22. The van der Waals surface area contributed by atoms with Gasteiger partial charge in [-0.25, -0.2) is 0 Å². The van der Waals surface area contributed by atoms with E-state index in [0.29, 0.717) is 29.4 Å². The Morgan fingerprint density at radius 1 is 1.12 bits per heavy atom. The van der Waals surface area contributed by atoms with E-state index in [4.69, 9.17) is 13.9 Å². The molecule has 1 atom stereocenters. The van der Waals surface area contributed by atoms with Crippen molar-refractivity contribution in [3.8, 4) is 11.5 Å². The molecule has 34 heavy (non-hydrogen) atoms. The highest BCUT2D eigenvalue weighted by molar-refractivity contribution is 6.51. The number of Topliss-reactive ketones (excluding diaryl/α,β-unsaturated/α-hetero) is 1. The molecule has 1 saturated heterocycles. The molecule has 1 aliphatic rings. The molecule has 0 spiro atoms. The van der Waals surface area contributed by atoms with Gasteiger partial charge in [0, 0.05) is 11.3 Å². The average molecular weight is 462 g/mol. The third-order valence-corrected chi connectivity index (χ3v) is 5.81. The largest absolute Gasteiger partial charge is 0.507 e. The Balaban J connectivity index is 1.87. The van der Waals surface area contributed by atoms with Crippen LogP contribution in [-0.2, 0) is 9.59 Å². The Morgan fingerprint density at radius 3 is 2.44 bits per heavy atom. The van der Waals surface area contributed by atoms with Gasteiger partial charge >= 0.3 is 0 Å². The van der Waals surface area contributed by atoms with Gasteiger partial charge in [-0.2, -0.15) is 0 Å². The predicted octanol–water partition coefficient (Wildman–Crippen LogP) is 5.44. The summed E-state index contributed by atoms with van der Waals surface area (Å²) in [5.41, 5.74) is 1.77. The molecule has 1 fully saturated rings. The summed E-state index contributed by atoms with van der Waals surface area (Å²) < 4.78 is 16.5. The summed E-state index contributed by atoms with van der Waals surface area (Å²) in [4.78, 5) is 27.7. The van der Waals surface area contributed by atoms with Crippen molar-refractivity contribution in [2.45, 2.75) is 32.7 Å². The second-order valence-corrected chi connectivity index (χ2v) is 8.22. The van der Waals surface area contributed by atoms with Crippen LogP contribution in [0.3, 0.4) is 0 Å². The van der Waals surface area contributed by atoms with Gasteiger partial charge in [0.1, 0.15) is 29.1 Å². The Labute approximate surface area is 198 Å². The molecule has 1 N–H and O–H groups in total. The van der Waals surface area contributed by atoms with Crippen molar-refractivity contribution in [3.63, 3.8) is 0 Å². The number of hydrogen-bond acceptors (Lipinski definition) is 6. The van der Waals surface area contributed by atoms with E-state index in [1.54, 1.807) is 61.7 Å². The molecule has 1 aromatic heterocycles. The van der Waals surface area contributed by atoms with Crippen molar-refractivity contribution in [2.24, 2.45) is 0 Å². The Bertz CT molecular complexity index is 1220. The number of hydrogen-bond donors (Lipinski definition) is 1. The topological polar surface area (TPSA) is 89.2 Å². The van der Waals surface area contributed by atoms with Crippen molar-refractivity contribution >= 4 is 23.1 Å². The van der Waals surface area contributed by atoms with Gasteiger partial charge in [0.05, 0.1) is 25.6 Å². The lowest BCUT2D eigenvalue weighted by molar-refractivity contribution is -0.132. The van der Waals surface area contributed by atoms with Crippen LogP contribution in [0.1, 0.15) is 49.6 Å². The lowest BCUT2D eigenvalue weighted by Crippen LogP contribution is -2.29. The fourth-order valence-corrected chi connectivity index (χ4v) is 4.15. The number of ether oxygens (including phenoxy) is 2. The van der Waals surface area contributed by atoms with Crippen LogP contribution < -0.4 is 14.4 Å². The van der Waals surface area contributed by atoms with Gasteiger partial charge in [-0.15, -0.1) is 0 Å². The zero-order valence-corrected chi connectivity index (χ0v) is 19.6. The van der Waals surface area contributed by atoms with E-state index in [2.05, 4.69) is 0 Å². The first-order valence-corrected chi connectivity index (χ1v) is 11.1. The normalized spacial score (nSPS) is 17.4. The smallest absolute Gasteiger partial charge is 0.300 e. The summed E-state index contributed by atoms with van der Waals surface area (Å²) in [6.45, 7) is 6.46. The van der Waals surface area contributed by atoms with E-state index in [-0.39, 0.29) is 17.3 Å². The van der Waals surface area contributed by atoms with Gasteiger partial charge in [0.15, 0.2) is 0 Å². The minimum atomic E-state index is -0.919. The number of amides is 1. The molecule has 0 bridgehead atoms. The molecule has 7 nitrogen and oxygen atoms in total. The Hall–Kier alpha value is -4.00. The van der Waals surface area contributed by atoms with Crippen LogP contribution in [0.2, 0.25) is 0 Å². The van der Waals surface area contributed by atoms with Crippen LogP contribution in [0.5, 0.6) is 11.5 Å². The summed E-state index contributed by atoms with van der Waals surface area (Å²) in [6, 6.07) is 14.5. The van der Waals surface area contributed by atoms with Crippen LogP contribution >= 0.6 is 0 Å². The zero-order chi connectivity index (χ0) is 24.4. The number of anilines is 1. The molecule has 0 radical (unpaired) electrons. The van der Waals surface area contributed by atoms with E-state index < -0.39 is 17.7 Å². The molecular weight excluding hydrogens is 434 g/mol. The van der Waals surface area contributed by atoms with Crippen LogP contribution in [0.15, 0.2) is 70.9 Å². The van der Waals surface area contributed by atoms with Gasteiger partial charge < -0.3 is 19.0 Å². The quantitative estimate of drug-likeness (QED) is 0.286. The lowest BCUT2D eigenvalue weighted by atomic mass is 9.95. The zero-order valence-electron chi connectivity index (χ0n) is 19.6. The van der Waals surface area contributed by atoms with Gasteiger partial charge in [0.25, 0.3) is 11.7 Å². The van der Waals surface area contributed by atoms with E-state index in [1.807, 2.05) is 20.8 Å². The van der Waals surface area contributed by atoms with Crippen molar-refractivity contribution < 1.29 is 28.6 Å². The van der Waals surface area contributed by atoms with Crippen LogP contribution in [0, 0.1) is 0 Å². The van der Waals surface area contributed by atoms with E-state index in [0.717, 1.165) is 11.3 Å². The number of aliphatic hydroxyl groups is 1. The van der Waals surface area contributed by atoms with E-state index in [1.165, 1.54) is 11.2 Å². The first-order valence-electron chi connectivity index (χ1n) is 11.1. The molecule has 3 aromatic rings. The number of rotatable bonds is 7. The van der Waals surface area contributed by atoms with Crippen LogP contribution in [0.25, 0.3) is 5.76 Å². The summed E-state index contributed by atoms with van der Waals surface area (Å²) in [7, 11) is 1.55. The molecule has 176 valence electrons. The molecule has 4 rings (SSSR count). The predicted molar refractivity (Wildman–Crippen MR) is 128 cm³/mol. The van der Waals surface area contributed by atoms with Crippen LogP contribution in [0.4, 0.5) is 5.69 Å². The number of methoxy groups -OCH3 is 1. The maximum Gasteiger partial charge on any atom is 0.300 e. The molecule has 0 saturated carbocycles.